The Hall–Kier alpha value is -1.75. The van der Waals surface area contributed by atoms with Crippen LogP contribution in [0.5, 0.6) is 5.75 Å². The summed E-state index contributed by atoms with van der Waals surface area (Å²) in [5, 5.41) is 3.35. The van der Waals surface area contributed by atoms with E-state index >= 15 is 0 Å². The molecule has 0 fully saturated rings. The summed E-state index contributed by atoms with van der Waals surface area (Å²) in [7, 11) is 1.67. The second-order valence-corrected chi connectivity index (χ2v) is 6.46. The molecule has 0 aliphatic carbocycles. The lowest BCUT2D eigenvalue weighted by molar-refractivity contribution is 0.0252. The van der Waals surface area contributed by atoms with Crippen molar-refractivity contribution >= 4 is 6.09 Å². The van der Waals surface area contributed by atoms with Gasteiger partial charge in [-0.15, -0.1) is 0 Å². The Kier molecular flexibility index (Phi) is 7.89. The first-order valence-corrected chi connectivity index (χ1v) is 8.18. The number of benzene rings is 1. The smallest absolute Gasteiger partial charge is 0.410 e. The van der Waals surface area contributed by atoms with Crippen LogP contribution in [0.3, 0.4) is 0 Å². The summed E-state index contributed by atoms with van der Waals surface area (Å²) >= 11 is 0. The number of para-hydroxylation sites is 1. The van der Waals surface area contributed by atoms with Gasteiger partial charge < -0.3 is 19.7 Å². The topological polar surface area (TPSA) is 50.8 Å². The maximum absolute atomic E-state index is 12.2. The normalized spacial score (nSPS) is 11.2. The highest BCUT2D eigenvalue weighted by atomic mass is 16.6. The first kappa shape index (κ1) is 19.3. The van der Waals surface area contributed by atoms with Crippen molar-refractivity contribution in [3.63, 3.8) is 0 Å². The minimum absolute atomic E-state index is 0.251. The molecular weight excluding hydrogens is 292 g/mol. The summed E-state index contributed by atoms with van der Waals surface area (Å²) in [6.45, 7) is 10.4. The molecule has 0 saturated carbocycles. The van der Waals surface area contributed by atoms with Crippen molar-refractivity contribution in [3.8, 4) is 5.75 Å². The van der Waals surface area contributed by atoms with Crippen molar-refractivity contribution in [3.05, 3.63) is 29.8 Å². The fraction of sp³-hybridized carbons (Fsp3) is 0.611. The molecule has 0 unspecified atom stereocenters. The van der Waals surface area contributed by atoms with Crippen LogP contribution >= 0.6 is 0 Å². The van der Waals surface area contributed by atoms with Gasteiger partial charge in [0.15, 0.2) is 0 Å². The lowest BCUT2D eigenvalue weighted by atomic mass is 10.2. The van der Waals surface area contributed by atoms with Gasteiger partial charge in [-0.05, 0) is 33.3 Å². The molecule has 1 rings (SSSR count). The standard InChI is InChI=1S/C18H30N2O3/c1-6-12-20(17(21)23-18(2,3)4)13-11-19-14-15-9-7-8-10-16(15)22-5/h7-10,19H,6,11-14H2,1-5H3. The SMILES string of the molecule is CCCN(CCNCc1ccccc1OC)C(=O)OC(C)(C)C. The van der Waals surface area contributed by atoms with Crippen LogP contribution in [0.1, 0.15) is 39.7 Å². The average molecular weight is 322 g/mol. The van der Waals surface area contributed by atoms with Crippen LogP contribution in [-0.2, 0) is 11.3 Å². The zero-order valence-corrected chi connectivity index (χ0v) is 15.0. The van der Waals surface area contributed by atoms with E-state index in [-0.39, 0.29) is 6.09 Å². The molecule has 5 nitrogen and oxygen atoms in total. The van der Waals surface area contributed by atoms with E-state index in [1.54, 1.807) is 12.0 Å². The van der Waals surface area contributed by atoms with Gasteiger partial charge in [-0.3, -0.25) is 0 Å². The molecule has 0 aliphatic heterocycles. The number of carbonyl (C=O) groups excluding carboxylic acids is 1. The third kappa shape index (κ3) is 7.37. The van der Waals surface area contributed by atoms with Gasteiger partial charge in [0.1, 0.15) is 11.4 Å². The van der Waals surface area contributed by atoms with Gasteiger partial charge in [0.2, 0.25) is 0 Å². The Morgan fingerprint density at radius 2 is 1.91 bits per heavy atom. The molecule has 1 amide bonds. The fourth-order valence-electron chi connectivity index (χ4n) is 2.18. The lowest BCUT2D eigenvalue weighted by Crippen LogP contribution is -2.40. The van der Waals surface area contributed by atoms with Crippen LogP contribution in [0.15, 0.2) is 24.3 Å². The number of nitrogens with one attached hydrogen (secondary N) is 1. The predicted octanol–water partition coefficient (Wildman–Crippen LogP) is 3.43. The van der Waals surface area contributed by atoms with Crippen LogP contribution in [-0.4, -0.2) is 43.3 Å². The minimum Gasteiger partial charge on any atom is -0.496 e. The molecule has 0 radical (unpaired) electrons. The molecule has 1 aromatic rings. The quantitative estimate of drug-likeness (QED) is 0.745. The van der Waals surface area contributed by atoms with Crippen LogP contribution in [0, 0.1) is 0 Å². The number of hydrogen-bond donors (Lipinski definition) is 1. The van der Waals surface area contributed by atoms with E-state index in [1.807, 2.05) is 45.0 Å². The fourth-order valence-corrected chi connectivity index (χ4v) is 2.18. The molecule has 1 N–H and O–H groups in total. The Balaban J connectivity index is 2.45. The number of hydrogen-bond acceptors (Lipinski definition) is 4. The van der Waals surface area contributed by atoms with Gasteiger partial charge in [0.25, 0.3) is 0 Å². The average Bonchev–Trinajstić information content (AvgIpc) is 2.49. The molecule has 0 aliphatic rings. The first-order valence-electron chi connectivity index (χ1n) is 8.18. The molecule has 0 heterocycles. The van der Waals surface area contributed by atoms with E-state index < -0.39 is 5.60 Å². The molecule has 0 saturated heterocycles. The number of amides is 1. The maximum Gasteiger partial charge on any atom is 0.410 e. The zero-order chi connectivity index (χ0) is 17.3. The number of methoxy groups -OCH3 is 1. The molecule has 0 atom stereocenters. The van der Waals surface area contributed by atoms with E-state index in [9.17, 15) is 4.79 Å². The van der Waals surface area contributed by atoms with Crippen molar-refractivity contribution in [2.24, 2.45) is 0 Å². The van der Waals surface area contributed by atoms with Gasteiger partial charge in [-0.1, -0.05) is 25.1 Å². The third-order valence-corrected chi connectivity index (χ3v) is 3.21. The number of carbonyl (C=O) groups is 1. The number of rotatable bonds is 8. The van der Waals surface area contributed by atoms with E-state index in [2.05, 4.69) is 12.2 Å². The van der Waals surface area contributed by atoms with Crippen LogP contribution in [0.4, 0.5) is 4.79 Å². The second-order valence-electron chi connectivity index (χ2n) is 6.46. The van der Waals surface area contributed by atoms with E-state index in [1.165, 1.54) is 0 Å². The summed E-state index contributed by atoms with van der Waals surface area (Å²) in [5.74, 6) is 0.873. The Morgan fingerprint density at radius 1 is 1.22 bits per heavy atom. The molecule has 5 heteroatoms. The van der Waals surface area contributed by atoms with Crippen LogP contribution in [0.25, 0.3) is 0 Å². The van der Waals surface area contributed by atoms with Crippen molar-refractivity contribution in [1.82, 2.24) is 10.2 Å². The lowest BCUT2D eigenvalue weighted by Gasteiger charge is -2.27. The zero-order valence-electron chi connectivity index (χ0n) is 15.0. The Morgan fingerprint density at radius 3 is 2.52 bits per heavy atom. The molecule has 0 bridgehead atoms. The highest BCUT2D eigenvalue weighted by Crippen LogP contribution is 2.16. The second kappa shape index (κ2) is 9.40. The summed E-state index contributed by atoms with van der Waals surface area (Å²) in [6, 6.07) is 7.92. The number of nitrogens with zero attached hydrogens (tertiary/aromatic N) is 1. The monoisotopic (exact) mass is 322 g/mol. The summed E-state index contributed by atoms with van der Waals surface area (Å²) < 4.78 is 10.8. The van der Waals surface area contributed by atoms with Gasteiger partial charge in [0.05, 0.1) is 7.11 Å². The van der Waals surface area contributed by atoms with Gasteiger partial charge in [-0.25, -0.2) is 4.79 Å². The first-order chi connectivity index (χ1) is 10.9. The van der Waals surface area contributed by atoms with E-state index in [0.717, 1.165) is 17.7 Å². The number of ether oxygens (including phenoxy) is 2. The molecule has 0 aromatic heterocycles. The predicted molar refractivity (Wildman–Crippen MR) is 92.8 cm³/mol. The third-order valence-electron chi connectivity index (χ3n) is 3.21. The van der Waals surface area contributed by atoms with Crippen LogP contribution in [0.2, 0.25) is 0 Å². The van der Waals surface area contributed by atoms with Crippen molar-refractivity contribution in [1.29, 1.82) is 0 Å². The molecule has 0 spiro atoms. The summed E-state index contributed by atoms with van der Waals surface area (Å²) in [5.41, 5.74) is 0.641. The molecular formula is C18H30N2O3. The Labute approximate surface area is 140 Å². The van der Waals surface area contributed by atoms with Crippen molar-refractivity contribution in [2.75, 3.05) is 26.7 Å². The van der Waals surface area contributed by atoms with Gasteiger partial charge >= 0.3 is 6.09 Å². The molecule has 1 aromatic carbocycles. The highest BCUT2D eigenvalue weighted by Gasteiger charge is 2.21. The summed E-state index contributed by atoms with van der Waals surface area (Å²) in [6.07, 6.45) is 0.657. The largest absolute Gasteiger partial charge is 0.496 e. The van der Waals surface area contributed by atoms with Gasteiger partial charge in [0, 0.05) is 31.7 Å². The highest BCUT2D eigenvalue weighted by molar-refractivity contribution is 5.68. The molecule has 130 valence electrons. The Bertz CT molecular complexity index is 483. The van der Waals surface area contributed by atoms with E-state index in [0.29, 0.717) is 26.2 Å². The van der Waals surface area contributed by atoms with Gasteiger partial charge in [-0.2, -0.15) is 0 Å². The van der Waals surface area contributed by atoms with E-state index in [4.69, 9.17) is 9.47 Å². The summed E-state index contributed by atoms with van der Waals surface area (Å²) in [4.78, 5) is 13.9. The van der Waals surface area contributed by atoms with Crippen molar-refractivity contribution < 1.29 is 14.3 Å². The molecule has 23 heavy (non-hydrogen) atoms. The van der Waals surface area contributed by atoms with Crippen molar-refractivity contribution in [2.45, 2.75) is 46.3 Å². The maximum atomic E-state index is 12.2. The van der Waals surface area contributed by atoms with Crippen LogP contribution < -0.4 is 10.1 Å². The minimum atomic E-state index is -0.464.